The Labute approximate surface area is 174 Å². The molecule has 2 N–H and O–H groups in total. The summed E-state index contributed by atoms with van der Waals surface area (Å²) in [5.41, 5.74) is 0.842. The van der Waals surface area contributed by atoms with Gasteiger partial charge in [0.15, 0.2) is 0 Å². The van der Waals surface area contributed by atoms with E-state index in [-0.39, 0.29) is 11.7 Å². The van der Waals surface area contributed by atoms with Crippen LogP contribution in [0.5, 0.6) is 5.75 Å². The molecule has 1 unspecified atom stereocenters. The average molecular weight is 473 g/mol. The van der Waals surface area contributed by atoms with E-state index in [1.54, 1.807) is 36.0 Å². The highest BCUT2D eigenvalue weighted by Gasteiger charge is 2.22. The standard InChI is InChI=1S/C19H19BrF2N2O3S/c1-28-11-10-16(24-17(25)14-4-2-3-5-15(14)20)18(26)23-12-6-8-13(9-7-12)27-19(21)22/h2-9,16,19H,10-11H2,1H3,(H,23,26)(H,24,25). The van der Waals surface area contributed by atoms with Crippen LogP contribution in [0.1, 0.15) is 16.8 Å². The smallest absolute Gasteiger partial charge is 0.387 e. The van der Waals surface area contributed by atoms with E-state index in [0.29, 0.717) is 27.9 Å². The first-order valence-corrected chi connectivity index (χ1v) is 10.5. The molecular formula is C19H19BrF2N2O3S. The van der Waals surface area contributed by atoms with Crippen LogP contribution in [0.4, 0.5) is 14.5 Å². The quantitative estimate of drug-likeness (QED) is 0.562. The van der Waals surface area contributed by atoms with Gasteiger partial charge in [-0.2, -0.15) is 20.5 Å². The Hall–Kier alpha value is -2.13. The molecule has 2 rings (SSSR count). The highest BCUT2D eigenvalue weighted by atomic mass is 79.9. The molecule has 28 heavy (non-hydrogen) atoms. The third kappa shape index (κ3) is 6.79. The van der Waals surface area contributed by atoms with Crippen molar-refractivity contribution in [1.29, 1.82) is 0 Å². The van der Waals surface area contributed by atoms with Gasteiger partial charge in [0.1, 0.15) is 11.8 Å². The second kappa shape index (κ2) is 11.0. The second-order valence-electron chi connectivity index (χ2n) is 5.68. The van der Waals surface area contributed by atoms with Crippen LogP contribution in [-0.2, 0) is 4.79 Å². The number of halogens is 3. The van der Waals surface area contributed by atoms with Gasteiger partial charge in [-0.05, 0) is 70.8 Å². The lowest BCUT2D eigenvalue weighted by atomic mass is 10.1. The molecule has 0 aliphatic carbocycles. The average Bonchev–Trinajstić information content (AvgIpc) is 2.66. The Kier molecular flexibility index (Phi) is 8.72. The molecule has 1 atom stereocenters. The molecule has 0 radical (unpaired) electrons. The summed E-state index contributed by atoms with van der Waals surface area (Å²) in [6.45, 7) is -2.91. The number of hydrogen-bond donors (Lipinski definition) is 2. The number of benzene rings is 2. The fourth-order valence-corrected chi connectivity index (χ4v) is 3.27. The Morgan fingerprint density at radius 3 is 2.43 bits per heavy atom. The molecule has 0 saturated heterocycles. The summed E-state index contributed by atoms with van der Waals surface area (Å²) in [4.78, 5) is 25.2. The Morgan fingerprint density at radius 2 is 1.82 bits per heavy atom. The lowest BCUT2D eigenvalue weighted by Crippen LogP contribution is -2.44. The van der Waals surface area contributed by atoms with E-state index in [1.165, 1.54) is 24.3 Å². The van der Waals surface area contributed by atoms with Gasteiger partial charge in [-0.15, -0.1) is 0 Å². The van der Waals surface area contributed by atoms with E-state index >= 15 is 0 Å². The van der Waals surface area contributed by atoms with Crippen molar-refractivity contribution in [3.8, 4) is 5.75 Å². The predicted octanol–water partition coefficient (Wildman–Crippen LogP) is 4.54. The summed E-state index contributed by atoms with van der Waals surface area (Å²) in [5, 5.41) is 5.43. The number of rotatable bonds is 9. The molecule has 0 aliphatic heterocycles. The highest BCUT2D eigenvalue weighted by molar-refractivity contribution is 9.10. The summed E-state index contributed by atoms with van der Waals surface area (Å²) in [6, 6.07) is 11.8. The Bertz CT molecular complexity index is 806. The highest BCUT2D eigenvalue weighted by Crippen LogP contribution is 2.19. The number of carbonyl (C=O) groups excluding carboxylic acids is 2. The fourth-order valence-electron chi connectivity index (χ4n) is 2.33. The summed E-state index contributed by atoms with van der Waals surface area (Å²) < 4.78 is 29.3. The topological polar surface area (TPSA) is 67.4 Å². The van der Waals surface area contributed by atoms with Crippen LogP contribution in [0.3, 0.4) is 0 Å². The zero-order valence-electron chi connectivity index (χ0n) is 15.0. The molecule has 0 spiro atoms. The van der Waals surface area contributed by atoms with E-state index in [9.17, 15) is 18.4 Å². The molecule has 9 heteroatoms. The first kappa shape index (κ1) is 22.2. The van der Waals surface area contributed by atoms with Crippen LogP contribution < -0.4 is 15.4 Å². The van der Waals surface area contributed by atoms with Gasteiger partial charge in [-0.25, -0.2) is 0 Å². The first-order chi connectivity index (χ1) is 13.4. The Morgan fingerprint density at radius 1 is 1.14 bits per heavy atom. The zero-order valence-corrected chi connectivity index (χ0v) is 17.4. The lowest BCUT2D eigenvalue weighted by Gasteiger charge is -2.19. The molecule has 0 fully saturated rings. The van der Waals surface area contributed by atoms with Gasteiger partial charge in [-0.1, -0.05) is 12.1 Å². The minimum atomic E-state index is -2.91. The molecule has 0 saturated carbocycles. The summed E-state index contributed by atoms with van der Waals surface area (Å²) >= 11 is 4.88. The van der Waals surface area contributed by atoms with E-state index in [0.717, 1.165) is 0 Å². The molecule has 2 amide bonds. The van der Waals surface area contributed by atoms with Crippen LogP contribution in [0, 0.1) is 0 Å². The van der Waals surface area contributed by atoms with Crippen LogP contribution >= 0.6 is 27.7 Å². The second-order valence-corrected chi connectivity index (χ2v) is 7.52. The molecule has 0 heterocycles. The normalized spacial score (nSPS) is 11.8. The zero-order chi connectivity index (χ0) is 20.5. The number of nitrogens with one attached hydrogen (secondary N) is 2. The van der Waals surface area contributed by atoms with Crippen molar-refractivity contribution in [2.75, 3.05) is 17.3 Å². The fraction of sp³-hybridized carbons (Fsp3) is 0.263. The maximum absolute atomic E-state index is 12.6. The summed E-state index contributed by atoms with van der Waals surface area (Å²) in [7, 11) is 0. The van der Waals surface area contributed by atoms with Crippen LogP contribution in [-0.4, -0.2) is 36.5 Å². The van der Waals surface area contributed by atoms with Gasteiger partial charge >= 0.3 is 6.61 Å². The number of amides is 2. The molecule has 0 bridgehead atoms. The van der Waals surface area contributed by atoms with Gasteiger partial charge in [0.25, 0.3) is 5.91 Å². The first-order valence-electron chi connectivity index (χ1n) is 8.30. The van der Waals surface area contributed by atoms with E-state index < -0.39 is 18.6 Å². The van der Waals surface area contributed by atoms with Crippen molar-refractivity contribution in [3.05, 3.63) is 58.6 Å². The minimum absolute atomic E-state index is 0.00541. The molecule has 0 aromatic heterocycles. The van der Waals surface area contributed by atoms with Crippen molar-refractivity contribution in [2.24, 2.45) is 0 Å². The number of anilines is 1. The van der Waals surface area contributed by atoms with Crippen LogP contribution in [0.15, 0.2) is 53.0 Å². The van der Waals surface area contributed by atoms with E-state index in [4.69, 9.17) is 0 Å². The van der Waals surface area contributed by atoms with Crippen LogP contribution in [0.2, 0.25) is 0 Å². The number of alkyl halides is 2. The number of ether oxygens (including phenoxy) is 1. The maximum Gasteiger partial charge on any atom is 0.387 e. The largest absolute Gasteiger partial charge is 0.435 e. The number of thioether (sulfide) groups is 1. The van der Waals surface area contributed by atoms with Crippen molar-refractivity contribution < 1.29 is 23.1 Å². The third-order valence-electron chi connectivity index (χ3n) is 3.70. The van der Waals surface area contributed by atoms with Gasteiger partial charge in [0.2, 0.25) is 5.91 Å². The van der Waals surface area contributed by atoms with Crippen molar-refractivity contribution in [3.63, 3.8) is 0 Å². The minimum Gasteiger partial charge on any atom is -0.435 e. The number of hydrogen-bond acceptors (Lipinski definition) is 4. The van der Waals surface area contributed by atoms with E-state index in [1.807, 2.05) is 6.26 Å². The molecule has 0 aliphatic rings. The maximum atomic E-state index is 12.6. The third-order valence-corrected chi connectivity index (χ3v) is 5.03. The monoisotopic (exact) mass is 472 g/mol. The van der Waals surface area contributed by atoms with Gasteiger partial charge in [0.05, 0.1) is 5.56 Å². The lowest BCUT2D eigenvalue weighted by molar-refractivity contribution is -0.118. The van der Waals surface area contributed by atoms with Crippen molar-refractivity contribution in [1.82, 2.24) is 5.32 Å². The molecule has 5 nitrogen and oxygen atoms in total. The molecule has 150 valence electrons. The van der Waals surface area contributed by atoms with E-state index in [2.05, 4.69) is 31.3 Å². The Balaban J connectivity index is 2.06. The van der Waals surface area contributed by atoms with Gasteiger partial charge < -0.3 is 15.4 Å². The SMILES string of the molecule is CSCCC(NC(=O)c1ccccc1Br)C(=O)Nc1ccc(OC(F)F)cc1. The molecular weight excluding hydrogens is 454 g/mol. The summed E-state index contributed by atoms with van der Waals surface area (Å²) in [5.74, 6) is -0.0873. The van der Waals surface area contributed by atoms with Gasteiger partial charge in [0, 0.05) is 10.2 Å². The summed E-state index contributed by atoms with van der Waals surface area (Å²) in [6.07, 6.45) is 2.35. The molecule has 2 aromatic carbocycles. The van der Waals surface area contributed by atoms with Gasteiger partial charge in [-0.3, -0.25) is 9.59 Å². The predicted molar refractivity (Wildman–Crippen MR) is 110 cm³/mol. The van der Waals surface area contributed by atoms with Crippen LogP contribution in [0.25, 0.3) is 0 Å². The van der Waals surface area contributed by atoms with Crippen molar-refractivity contribution in [2.45, 2.75) is 19.1 Å². The number of carbonyl (C=O) groups is 2. The van der Waals surface area contributed by atoms with Crippen molar-refractivity contribution >= 4 is 45.2 Å². The molecule has 2 aromatic rings.